The van der Waals surface area contributed by atoms with Gasteiger partial charge in [-0.25, -0.2) is 0 Å². The third kappa shape index (κ3) is 3.06. The van der Waals surface area contributed by atoms with E-state index in [2.05, 4.69) is 4.98 Å². The van der Waals surface area contributed by atoms with E-state index in [1.807, 2.05) is 6.07 Å². The number of nitrogens with one attached hydrogen (secondary N) is 1. The Morgan fingerprint density at radius 3 is 2.50 bits per heavy atom. The molecule has 1 aromatic carbocycles. The van der Waals surface area contributed by atoms with Gasteiger partial charge in [0.05, 0.1) is 10.0 Å². The first-order valence-corrected chi connectivity index (χ1v) is 9.47. The monoisotopic (exact) mass is 395 g/mol. The highest BCUT2D eigenvalue weighted by atomic mass is 35.5. The van der Waals surface area contributed by atoms with Crippen molar-refractivity contribution in [2.75, 3.05) is 32.8 Å². The molecule has 2 aromatic rings. The van der Waals surface area contributed by atoms with Crippen LogP contribution in [0.15, 0.2) is 18.2 Å². The van der Waals surface area contributed by atoms with Crippen molar-refractivity contribution in [2.24, 2.45) is 0 Å². The Kier molecular flexibility index (Phi) is 4.82. The highest BCUT2D eigenvalue weighted by Crippen LogP contribution is 2.33. The van der Waals surface area contributed by atoms with Crippen molar-refractivity contribution in [3.05, 3.63) is 33.9 Å². The van der Waals surface area contributed by atoms with Gasteiger partial charge in [-0.15, -0.1) is 0 Å². The summed E-state index contributed by atoms with van der Waals surface area (Å²) in [7, 11) is 0. The van der Waals surface area contributed by atoms with Gasteiger partial charge in [-0.2, -0.15) is 0 Å². The largest absolute Gasteiger partial charge is 0.368 e. The Morgan fingerprint density at radius 1 is 1.12 bits per heavy atom. The van der Waals surface area contributed by atoms with Crippen LogP contribution in [0.2, 0.25) is 10.0 Å². The van der Waals surface area contributed by atoms with Gasteiger partial charge >= 0.3 is 0 Å². The van der Waals surface area contributed by atoms with Crippen molar-refractivity contribution in [3.63, 3.8) is 0 Å². The predicted molar refractivity (Wildman–Crippen MR) is 99.8 cm³/mol. The van der Waals surface area contributed by atoms with Crippen LogP contribution >= 0.6 is 23.2 Å². The molecule has 2 saturated heterocycles. The first-order valence-electron chi connectivity index (χ1n) is 8.71. The van der Waals surface area contributed by atoms with E-state index in [4.69, 9.17) is 27.9 Å². The molecule has 1 N–H and O–H groups in total. The Bertz CT molecular complexity index is 853. The van der Waals surface area contributed by atoms with E-state index in [1.165, 1.54) is 0 Å². The molecule has 0 spiro atoms. The van der Waals surface area contributed by atoms with E-state index in [0.717, 1.165) is 18.4 Å². The number of H-pyrrole nitrogens is 1. The average molecular weight is 396 g/mol. The number of aromatic amines is 1. The van der Waals surface area contributed by atoms with Gasteiger partial charge in [-0.1, -0.05) is 29.3 Å². The van der Waals surface area contributed by atoms with Crippen LogP contribution in [-0.4, -0.2) is 65.5 Å². The molecular weight excluding hydrogens is 377 g/mol. The molecule has 4 rings (SSSR count). The van der Waals surface area contributed by atoms with Crippen LogP contribution in [0.25, 0.3) is 10.9 Å². The summed E-state index contributed by atoms with van der Waals surface area (Å²) < 4.78 is 5.47. The van der Waals surface area contributed by atoms with Crippen LogP contribution in [-0.2, 0) is 9.53 Å². The molecule has 3 heterocycles. The number of rotatable bonds is 2. The summed E-state index contributed by atoms with van der Waals surface area (Å²) in [6.45, 7) is 2.59. The third-order valence-electron chi connectivity index (χ3n) is 5.01. The Hall–Kier alpha value is -1.76. The lowest BCUT2D eigenvalue weighted by atomic mass is 10.2. The molecule has 8 heteroatoms. The maximum atomic E-state index is 12.9. The van der Waals surface area contributed by atoms with Gasteiger partial charge in [0.15, 0.2) is 0 Å². The van der Waals surface area contributed by atoms with Crippen molar-refractivity contribution in [1.29, 1.82) is 0 Å². The summed E-state index contributed by atoms with van der Waals surface area (Å²) in [6, 6.07) is 5.39. The van der Waals surface area contributed by atoms with Crippen LogP contribution in [0.3, 0.4) is 0 Å². The number of piperazine rings is 1. The van der Waals surface area contributed by atoms with E-state index in [1.54, 1.807) is 21.9 Å². The Labute approximate surface area is 161 Å². The number of aromatic nitrogens is 1. The smallest absolute Gasteiger partial charge is 0.271 e. The number of benzene rings is 1. The maximum Gasteiger partial charge on any atom is 0.271 e. The Morgan fingerprint density at radius 2 is 1.85 bits per heavy atom. The lowest BCUT2D eigenvalue weighted by Crippen LogP contribution is -2.52. The highest BCUT2D eigenvalue weighted by Gasteiger charge is 2.32. The van der Waals surface area contributed by atoms with Gasteiger partial charge < -0.3 is 19.5 Å². The number of hydrogen-bond donors (Lipinski definition) is 1. The topological polar surface area (TPSA) is 65.6 Å². The van der Waals surface area contributed by atoms with Crippen molar-refractivity contribution >= 4 is 45.9 Å². The maximum absolute atomic E-state index is 12.9. The van der Waals surface area contributed by atoms with E-state index >= 15 is 0 Å². The predicted octanol–water partition coefficient (Wildman–Crippen LogP) is 2.94. The van der Waals surface area contributed by atoms with Crippen LogP contribution in [0.5, 0.6) is 0 Å². The van der Waals surface area contributed by atoms with Crippen molar-refractivity contribution in [3.8, 4) is 0 Å². The second kappa shape index (κ2) is 7.10. The van der Waals surface area contributed by atoms with Gasteiger partial charge in [0.1, 0.15) is 11.8 Å². The SMILES string of the molecule is O=C(c1[nH]c2cccc(Cl)c2c1Cl)N1CCN(C(=O)[C@@H]2CCCO2)CC1. The summed E-state index contributed by atoms with van der Waals surface area (Å²) in [5.41, 5.74) is 1.08. The molecule has 1 aromatic heterocycles. The minimum Gasteiger partial charge on any atom is -0.368 e. The molecule has 0 aliphatic carbocycles. The molecular formula is C18H19Cl2N3O3. The van der Waals surface area contributed by atoms with E-state index < -0.39 is 0 Å². The van der Waals surface area contributed by atoms with Gasteiger partial charge in [0.2, 0.25) is 0 Å². The molecule has 6 nitrogen and oxygen atoms in total. The Balaban J connectivity index is 1.46. The molecule has 2 aliphatic heterocycles. The van der Waals surface area contributed by atoms with Gasteiger partial charge in [-0.3, -0.25) is 9.59 Å². The molecule has 2 amide bonds. The first-order chi connectivity index (χ1) is 12.6. The molecule has 0 radical (unpaired) electrons. The molecule has 138 valence electrons. The second-order valence-electron chi connectivity index (χ2n) is 6.60. The number of carbonyl (C=O) groups excluding carboxylic acids is 2. The lowest BCUT2D eigenvalue weighted by molar-refractivity contribution is -0.142. The summed E-state index contributed by atoms with van der Waals surface area (Å²) in [6.07, 6.45) is 1.39. The molecule has 0 saturated carbocycles. The molecule has 0 unspecified atom stereocenters. The number of hydrogen-bond acceptors (Lipinski definition) is 3. The fourth-order valence-corrected chi connectivity index (χ4v) is 4.23. The number of halogens is 2. The fraction of sp³-hybridized carbons (Fsp3) is 0.444. The average Bonchev–Trinajstić information content (AvgIpc) is 3.30. The highest BCUT2D eigenvalue weighted by molar-refractivity contribution is 6.44. The second-order valence-corrected chi connectivity index (χ2v) is 7.38. The van der Waals surface area contributed by atoms with Gasteiger partial charge in [-0.05, 0) is 25.0 Å². The number of carbonyl (C=O) groups is 2. The fourth-order valence-electron chi connectivity index (χ4n) is 3.58. The van der Waals surface area contributed by atoms with Crippen molar-refractivity contribution in [1.82, 2.24) is 14.8 Å². The van der Waals surface area contributed by atoms with E-state index in [-0.39, 0.29) is 17.9 Å². The number of fused-ring (bicyclic) bond motifs is 1. The number of nitrogens with zero attached hydrogens (tertiary/aromatic N) is 2. The molecule has 2 aliphatic rings. The first kappa shape index (κ1) is 17.6. The lowest BCUT2D eigenvalue weighted by Gasteiger charge is -2.35. The standard InChI is InChI=1S/C18H19Cl2N3O3/c19-11-3-1-4-12-14(11)15(20)16(21-12)18(25)23-8-6-22(7-9-23)17(24)13-5-2-10-26-13/h1,3-4,13,21H,2,5-10H2/t13-/m0/s1. The summed E-state index contributed by atoms with van der Waals surface area (Å²) in [5, 5.41) is 1.51. The van der Waals surface area contributed by atoms with Crippen LogP contribution in [0.4, 0.5) is 0 Å². The third-order valence-corrected chi connectivity index (χ3v) is 5.70. The zero-order valence-electron chi connectivity index (χ0n) is 14.1. The zero-order chi connectivity index (χ0) is 18.3. The van der Waals surface area contributed by atoms with Gasteiger partial charge in [0, 0.05) is 43.7 Å². The number of amides is 2. The number of ether oxygens (including phenoxy) is 1. The van der Waals surface area contributed by atoms with Crippen LogP contribution < -0.4 is 0 Å². The van der Waals surface area contributed by atoms with E-state index in [0.29, 0.717) is 53.9 Å². The summed E-state index contributed by atoms with van der Waals surface area (Å²) >= 11 is 12.6. The van der Waals surface area contributed by atoms with Crippen LogP contribution in [0.1, 0.15) is 23.3 Å². The zero-order valence-corrected chi connectivity index (χ0v) is 15.6. The molecule has 0 bridgehead atoms. The van der Waals surface area contributed by atoms with Crippen LogP contribution in [0, 0.1) is 0 Å². The quantitative estimate of drug-likeness (QED) is 0.849. The molecule has 1 atom stereocenters. The van der Waals surface area contributed by atoms with Crippen molar-refractivity contribution in [2.45, 2.75) is 18.9 Å². The van der Waals surface area contributed by atoms with E-state index in [9.17, 15) is 9.59 Å². The minimum absolute atomic E-state index is 0.0324. The summed E-state index contributed by atoms with van der Waals surface area (Å²) in [4.78, 5) is 31.9. The van der Waals surface area contributed by atoms with Gasteiger partial charge in [0.25, 0.3) is 11.8 Å². The normalized spacial score (nSPS) is 20.8. The minimum atomic E-state index is -0.317. The molecule has 2 fully saturated rings. The molecule has 26 heavy (non-hydrogen) atoms. The summed E-state index contributed by atoms with van der Waals surface area (Å²) in [5.74, 6) is -0.142. The van der Waals surface area contributed by atoms with Crippen molar-refractivity contribution < 1.29 is 14.3 Å².